The maximum absolute atomic E-state index is 12.9. The first-order valence-corrected chi connectivity index (χ1v) is 16.0. The van der Waals surface area contributed by atoms with Crippen LogP contribution in [0.25, 0.3) is 21.2 Å². The van der Waals surface area contributed by atoms with Gasteiger partial charge in [0, 0.05) is 35.3 Å². The van der Waals surface area contributed by atoms with Crippen LogP contribution in [-0.4, -0.2) is 49.1 Å². The summed E-state index contributed by atoms with van der Waals surface area (Å²) >= 11 is 5.44. The topological polar surface area (TPSA) is 53.6 Å². The molecule has 0 aliphatic carbocycles. The number of halogens is 1. The summed E-state index contributed by atoms with van der Waals surface area (Å²) in [6, 6.07) is 25.9. The average Bonchev–Trinajstić information content (AvgIpc) is 3.38. The Kier molecular flexibility index (Phi) is 8.83. The van der Waals surface area contributed by atoms with E-state index in [0.29, 0.717) is 12.5 Å². The number of fused-ring (bicyclic) bond motifs is 1. The quantitative estimate of drug-likeness (QED) is 0.229. The molecule has 2 aliphatic heterocycles. The van der Waals surface area contributed by atoms with Crippen molar-refractivity contribution in [2.75, 3.05) is 26.2 Å². The normalized spacial score (nSPS) is 17.2. The second-order valence-electron chi connectivity index (χ2n) is 11.0. The highest BCUT2D eigenvalue weighted by molar-refractivity contribution is 9.10. The number of nitrogens with zero attached hydrogens (tertiary/aromatic N) is 1. The Morgan fingerprint density at radius 3 is 2.52 bits per heavy atom. The summed E-state index contributed by atoms with van der Waals surface area (Å²) in [5.74, 6) is 1.06. The third kappa shape index (κ3) is 6.95. The van der Waals surface area contributed by atoms with Crippen LogP contribution in [0, 0.1) is 0 Å². The second-order valence-corrected chi connectivity index (χ2v) is 13.0. The van der Waals surface area contributed by atoms with E-state index in [1.54, 1.807) is 11.3 Å². The summed E-state index contributed by atoms with van der Waals surface area (Å²) in [7, 11) is 0. The third-order valence-electron chi connectivity index (χ3n) is 7.94. The van der Waals surface area contributed by atoms with E-state index in [4.69, 9.17) is 4.74 Å². The predicted octanol–water partition coefficient (Wildman–Crippen LogP) is 6.78. The molecule has 4 aromatic rings. The first-order valence-electron chi connectivity index (χ1n) is 14.3. The van der Waals surface area contributed by atoms with Crippen molar-refractivity contribution in [1.82, 2.24) is 15.5 Å². The molecule has 1 aromatic heterocycles. The lowest BCUT2D eigenvalue weighted by Gasteiger charge is -2.32. The number of rotatable bonds is 8. The Morgan fingerprint density at radius 1 is 0.950 bits per heavy atom. The number of carbonyl (C=O) groups is 1. The molecule has 3 aromatic carbocycles. The summed E-state index contributed by atoms with van der Waals surface area (Å²) in [5, 5.41) is 7.89. The molecule has 208 valence electrons. The zero-order chi connectivity index (χ0) is 27.3. The summed E-state index contributed by atoms with van der Waals surface area (Å²) in [5.41, 5.74) is 3.71. The number of benzene rings is 3. The third-order valence-corrected chi connectivity index (χ3v) is 9.68. The van der Waals surface area contributed by atoms with Gasteiger partial charge in [0.2, 0.25) is 5.91 Å². The number of hydrogen-bond acceptors (Lipinski definition) is 5. The molecule has 3 heterocycles. The van der Waals surface area contributed by atoms with Crippen LogP contribution in [0.2, 0.25) is 0 Å². The van der Waals surface area contributed by atoms with Crippen molar-refractivity contribution in [3.05, 3.63) is 87.7 Å². The van der Waals surface area contributed by atoms with Crippen LogP contribution >= 0.6 is 27.3 Å². The molecule has 0 saturated carbocycles. The fourth-order valence-electron chi connectivity index (χ4n) is 5.76. The van der Waals surface area contributed by atoms with Gasteiger partial charge in [-0.1, -0.05) is 42.5 Å². The summed E-state index contributed by atoms with van der Waals surface area (Å²) in [6.07, 6.45) is 4.82. The Balaban J connectivity index is 0.971. The van der Waals surface area contributed by atoms with Crippen molar-refractivity contribution >= 4 is 43.3 Å². The largest absolute Gasteiger partial charge is 0.489 e. The van der Waals surface area contributed by atoms with Gasteiger partial charge in [0.25, 0.3) is 0 Å². The van der Waals surface area contributed by atoms with Gasteiger partial charge in [-0.15, -0.1) is 11.3 Å². The molecule has 0 bridgehead atoms. The monoisotopic (exact) mass is 617 g/mol. The number of ether oxygens (including phenoxy) is 1. The highest BCUT2D eigenvalue weighted by Crippen LogP contribution is 2.31. The number of likely N-dealkylation sites (tertiary alicyclic amines) is 1. The number of hydrogen-bond donors (Lipinski definition) is 2. The maximum Gasteiger partial charge on any atom is 0.225 e. The Labute approximate surface area is 249 Å². The van der Waals surface area contributed by atoms with E-state index in [2.05, 4.69) is 98.2 Å². The van der Waals surface area contributed by atoms with Crippen molar-refractivity contribution in [2.45, 2.75) is 50.8 Å². The van der Waals surface area contributed by atoms with E-state index in [0.717, 1.165) is 73.5 Å². The standard InChI is InChI=1S/C33H36BrN3O2S/c34-30-18-23(6-8-31(30)39-28-10-14-35-15-11-28)22-37-16-12-27(13-17-37)36-33(38)21-29-20-26-19-25(7-9-32(26)40-29)24-4-2-1-3-5-24/h1-9,18-20,27-28,35H,10-17,21-22H2,(H,36,38). The van der Waals surface area contributed by atoms with Gasteiger partial charge in [-0.3, -0.25) is 9.69 Å². The molecule has 2 saturated heterocycles. The van der Waals surface area contributed by atoms with Gasteiger partial charge in [-0.25, -0.2) is 0 Å². The van der Waals surface area contributed by atoms with Crippen LogP contribution in [0.15, 0.2) is 77.3 Å². The molecular formula is C33H36BrN3O2S. The first-order chi connectivity index (χ1) is 19.6. The van der Waals surface area contributed by atoms with Crippen LogP contribution in [0.3, 0.4) is 0 Å². The molecule has 2 N–H and O–H groups in total. The van der Waals surface area contributed by atoms with Gasteiger partial charge in [-0.05, 0) is 107 Å². The predicted molar refractivity (Wildman–Crippen MR) is 168 cm³/mol. The maximum atomic E-state index is 12.9. The molecule has 2 fully saturated rings. The molecule has 0 atom stereocenters. The fraction of sp³-hybridized carbons (Fsp3) is 0.364. The number of thiophene rings is 1. The van der Waals surface area contributed by atoms with E-state index in [1.165, 1.54) is 26.8 Å². The minimum absolute atomic E-state index is 0.126. The lowest BCUT2D eigenvalue weighted by Crippen LogP contribution is -2.44. The molecule has 0 unspecified atom stereocenters. The number of carbonyl (C=O) groups excluding carboxylic acids is 1. The number of nitrogens with one attached hydrogen (secondary N) is 2. The van der Waals surface area contributed by atoms with E-state index in [-0.39, 0.29) is 11.9 Å². The minimum atomic E-state index is 0.126. The summed E-state index contributed by atoms with van der Waals surface area (Å²) in [6.45, 7) is 4.94. The van der Waals surface area contributed by atoms with E-state index in [9.17, 15) is 4.79 Å². The Hall–Kier alpha value is -2.71. The molecular weight excluding hydrogens is 582 g/mol. The first kappa shape index (κ1) is 27.5. The van der Waals surface area contributed by atoms with Crippen molar-refractivity contribution in [1.29, 1.82) is 0 Å². The van der Waals surface area contributed by atoms with E-state index >= 15 is 0 Å². The number of piperidine rings is 2. The SMILES string of the molecule is O=C(Cc1cc2cc(-c3ccccc3)ccc2s1)NC1CCN(Cc2ccc(OC3CCNCC3)c(Br)c2)CC1. The molecule has 1 amide bonds. The van der Waals surface area contributed by atoms with E-state index < -0.39 is 0 Å². The zero-order valence-electron chi connectivity index (χ0n) is 22.7. The average molecular weight is 619 g/mol. The zero-order valence-corrected chi connectivity index (χ0v) is 25.1. The van der Waals surface area contributed by atoms with Crippen molar-refractivity contribution in [2.24, 2.45) is 0 Å². The van der Waals surface area contributed by atoms with Crippen LogP contribution in [0.1, 0.15) is 36.1 Å². The lowest BCUT2D eigenvalue weighted by atomic mass is 10.0. The van der Waals surface area contributed by atoms with Gasteiger partial charge in [0.05, 0.1) is 10.9 Å². The van der Waals surface area contributed by atoms with Gasteiger partial charge < -0.3 is 15.4 Å². The minimum Gasteiger partial charge on any atom is -0.489 e. The molecule has 0 spiro atoms. The van der Waals surface area contributed by atoms with Gasteiger partial charge in [0.15, 0.2) is 0 Å². The van der Waals surface area contributed by atoms with Crippen molar-refractivity contribution in [3.63, 3.8) is 0 Å². The van der Waals surface area contributed by atoms with Crippen LogP contribution in [-0.2, 0) is 17.8 Å². The molecule has 6 rings (SSSR count). The van der Waals surface area contributed by atoms with Crippen molar-refractivity contribution < 1.29 is 9.53 Å². The van der Waals surface area contributed by atoms with Gasteiger partial charge in [0.1, 0.15) is 11.9 Å². The highest BCUT2D eigenvalue weighted by Gasteiger charge is 2.22. The lowest BCUT2D eigenvalue weighted by molar-refractivity contribution is -0.121. The second kappa shape index (κ2) is 12.9. The summed E-state index contributed by atoms with van der Waals surface area (Å²) < 4.78 is 8.49. The smallest absolute Gasteiger partial charge is 0.225 e. The summed E-state index contributed by atoms with van der Waals surface area (Å²) in [4.78, 5) is 16.5. The van der Waals surface area contributed by atoms with Crippen molar-refractivity contribution in [3.8, 4) is 16.9 Å². The molecule has 5 nitrogen and oxygen atoms in total. The van der Waals surface area contributed by atoms with E-state index in [1.807, 2.05) is 6.07 Å². The Bertz CT molecular complexity index is 1440. The Morgan fingerprint density at radius 2 is 1.75 bits per heavy atom. The highest BCUT2D eigenvalue weighted by atomic mass is 79.9. The van der Waals surface area contributed by atoms with Crippen LogP contribution in [0.5, 0.6) is 5.75 Å². The van der Waals surface area contributed by atoms with Gasteiger partial charge in [-0.2, -0.15) is 0 Å². The molecule has 0 radical (unpaired) electrons. The van der Waals surface area contributed by atoms with Gasteiger partial charge >= 0.3 is 0 Å². The van der Waals surface area contributed by atoms with Crippen LogP contribution in [0.4, 0.5) is 0 Å². The number of amides is 1. The molecule has 40 heavy (non-hydrogen) atoms. The fourth-order valence-corrected chi connectivity index (χ4v) is 7.32. The molecule has 7 heteroatoms. The van der Waals surface area contributed by atoms with Crippen LogP contribution < -0.4 is 15.4 Å². The molecule has 2 aliphatic rings.